The lowest BCUT2D eigenvalue weighted by Crippen LogP contribution is -2.31. The van der Waals surface area contributed by atoms with Crippen LogP contribution < -0.4 is 11.1 Å². The second-order valence-corrected chi connectivity index (χ2v) is 9.37. The summed E-state index contributed by atoms with van der Waals surface area (Å²) >= 11 is 1.21. The maximum absolute atomic E-state index is 13.0. The van der Waals surface area contributed by atoms with Gasteiger partial charge in [0.25, 0.3) is 11.8 Å². The molecule has 3 N–H and O–H groups in total. The fraction of sp³-hybridized carbons (Fsp3) is 0.259. The molecule has 7 nitrogen and oxygen atoms in total. The monoisotopic (exact) mass is 490 g/mol. The van der Waals surface area contributed by atoms with Crippen molar-refractivity contribution in [3.05, 3.63) is 88.1 Å². The molecule has 0 spiro atoms. The first-order valence-corrected chi connectivity index (χ1v) is 12.2. The first kappa shape index (κ1) is 26.0. The Morgan fingerprint density at radius 3 is 2.37 bits per heavy atom. The van der Waals surface area contributed by atoms with Crippen molar-refractivity contribution in [3.8, 4) is 0 Å². The molecule has 0 saturated heterocycles. The van der Waals surface area contributed by atoms with Crippen molar-refractivity contribution >= 4 is 35.2 Å². The van der Waals surface area contributed by atoms with E-state index in [1.807, 2.05) is 70.2 Å². The summed E-state index contributed by atoms with van der Waals surface area (Å²) in [6.07, 6.45) is 0. The zero-order valence-corrected chi connectivity index (χ0v) is 21.4. The van der Waals surface area contributed by atoms with Gasteiger partial charge in [-0.25, -0.2) is 4.98 Å². The van der Waals surface area contributed by atoms with Crippen LogP contribution >= 0.6 is 11.8 Å². The fourth-order valence-electron chi connectivity index (χ4n) is 3.65. The molecule has 0 saturated carbocycles. The average Bonchev–Trinajstić information content (AvgIpc) is 2.85. The summed E-state index contributed by atoms with van der Waals surface area (Å²) in [7, 11) is 1.73. The molecule has 3 rings (SSSR count). The van der Waals surface area contributed by atoms with Gasteiger partial charge in [-0.15, -0.1) is 0 Å². The highest BCUT2D eigenvalue weighted by Gasteiger charge is 2.22. The zero-order chi connectivity index (χ0) is 25.7. The minimum absolute atomic E-state index is 0.112. The summed E-state index contributed by atoms with van der Waals surface area (Å²) in [5.74, 6) is -0.753. The van der Waals surface area contributed by atoms with E-state index in [4.69, 9.17) is 5.73 Å². The van der Waals surface area contributed by atoms with Crippen LogP contribution in [0.2, 0.25) is 0 Å². The molecule has 8 heteroatoms. The van der Waals surface area contributed by atoms with Crippen LogP contribution in [0.5, 0.6) is 0 Å². The summed E-state index contributed by atoms with van der Waals surface area (Å²) in [6.45, 7) is 7.54. The van der Waals surface area contributed by atoms with Crippen LogP contribution in [0.3, 0.4) is 0 Å². The Kier molecular flexibility index (Phi) is 8.30. The molecule has 2 aromatic carbocycles. The molecule has 0 aliphatic carbocycles. The number of aromatic nitrogens is 1. The lowest BCUT2D eigenvalue weighted by molar-refractivity contribution is -0.128. The zero-order valence-electron chi connectivity index (χ0n) is 20.6. The number of hydrogen-bond donors (Lipinski definition) is 2. The molecular weight excluding hydrogens is 460 g/mol. The fourth-order valence-corrected chi connectivity index (χ4v) is 4.71. The summed E-state index contributed by atoms with van der Waals surface area (Å²) in [5, 5.41) is 3.37. The molecule has 1 aromatic heterocycles. The smallest absolute Gasteiger partial charge is 0.255 e. The minimum Gasteiger partial charge on any atom is -0.366 e. The normalized spacial score (nSPS) is 11.6. The average molecular weight is 491 g/mol. The van der Waals surface area contributed by atoms with E-state index in [9.17, 15) is 14.4 Å². The Hall–Kier alpha value is -3.65. The molecule has 1 atom stereocenters. The van der Waals surface area contributed by atoms with Gasteiger partial charge in [0, 0.05) is 24.0 Å². The Morgan fingerprint density at radius 2 is 1.71 bits per heavy atom. The molecule has 0 fully saturated rings. The van der Waals surface area contributed by atoms with Gasteiger partial charge in [-0.05, 0) is 68.7 Å². The van der Waals surface area contributed by atoms with Crippen LogP contribution in [-0.2, 0) is 4.79 Å². The van der Waals surface area contributed by atoms with Crippen LogP contribution in [0.4, 0.5) is 5.69 Å². The number of thioether (sulfide) groups is 1. The van der Waals surface area contributed by atoms with Gasteiger partial charge in [-0.2, -0.15) is 0 Å². The maximum Gasteiger partial charge on any atom is 0.255 e. The van der Waals surface area contributed by atoms with Gasteiger partial charge in [0.1, 0.15) is 5.03 Å². The third-order valence-electron chi connectivity index (χ3n) is 6.18. The maximum atomic E-state index is 13.0. The third-order valence-corrected chi connectivity index (χ3v) is 7.14. The third kappa shape index (κ3) is 6.08. The Balaban J connectivity index is 1.70. The molecule has 0 radical (unpaired) electrons. The number of rotatable bonds is 8. The molecule has 1 heterocycles. The van der Waals surface area contributed by atoms with Gasteiger partial charge in [-0.3, -0.25) is 14.4 Å². The van der Waals surface area contributed by atoms with Crippen molar-refractivity contribution < 1.29 is 14.4 Å². The van der Waals surface area contributed by atoms with Crippen molar-refractivity contribution in [2.24, 2.45) is 5.73 Å². The molecule has 3 aromatic rings. The van der Waals surface area contributed by atoms with E-state index in [0.717, 1.165) is 22.4 Å². The Morgan fingerprint density at radius 1 is 1.03 bits per heavy atom. The van der Waals surface area contributed by atoms with Crippen LogP contribution in [0.15, 0.2) is 59.6 Å². The van der Waals surface area contributed by atoms with Crippen molar-refractivity contribution in [2.45, 2.75) is 38.8 Å². The second kappa shape index (κ2) is 11.2. The predicted molar refractivity (Wildman–Crippen MR) is 140 cm³/mol. The van der Waals surface area contributed by atoms with E-state index in [1.54, 1.807) is 24.1 Å². The molecular formula is C27H30N4O3S. The van der Waals surface area contributed by atoms with Crippen molar-refractivity contribution in [1.29, 1.82) is 0 Å². The number of amides is 3. The number of carbonyl (C=O) groups excluding carboxylic acids is 3. The number of carbonyl (C=O) groups is 3. The highest BCUT2D eigenvalue weighted by molar-refractivity contribution is 8.00. The van der Waals surface area contributed by atoms with Crippen molar-refractivity contribution in [2.75, 3.05) is 18.1 Å². The predicted octanol–water partition coefficient (Wildman–Crippen LogP) is 4.67. The molecule has 35 heavy (non-hydrogen) atoms. The van der Waals surface area contributed by atoms with E-state index in [-0.39, 0.29) is 23.6 Å². The highest BCUT2D eigenvalue weighted by atomic mass is 32.2. The number of benzene rings is 2. The first-order chi connectivity index (χ1) is 16.6. The summed E-state index contributed by atoms with van der Waals surface area (Å²) in [4.78, 5) is 43.6. The summed E-state index contributed by atoms with van der Waals surface area (Å²) in [5.41, 5.74) is 10.6. The number of pyridine rings is 1. The first-order valence-electron chi connectivity index (χ1n) is 11.2. The number of nitrogens with two attached hydrogens (primary N) is 1. The van der Waals surface area contributed by atoms with Gasteiger partial charge >= 0.3 is 0 Å². The van der Waals surface area contributed by atoms with E-state index < -0.39 is 5.91 Å². The molecule has 1 unspecified atom stereocenters. The van der Waals surface area contributed by atoms with E-state index in [0.29, 0.717) is 21.8 Å². The summed E-state index contributed by atoms with van der Waals surface area (Å²) < 4.78 is 0. The quantitative estimate of drug-likeness (QED) is 0.447. The van der Waals surface area contributed by atoms with Crippen LogP contribution in [0, 0.1) is 20.8 Å². The highest BCUT2D eigenvalue weighted by Crippen LogP contribution is 2.28. The molecule has 0 aliphatic rings. The molecule has 3 amide bonds. The SMILES string of the molecule is Cc1nc(SCC(=O)N(C)C(C)c2cccc(NC(=O)c3ccccc3)c2)c(C(N)=O)c(C)c1C. The largest absolute Gasteiger partial charge is 0.366 e. The van der Waals surface area contributed by atoms with Crippen LogP contribution in [-0.4, -0.2) is 40.4 Å². The minimum atomic E-state index is -0.552. The van der Waals surface area contributed by atoms with Crippen molar-refractivity contribution in [1.82, 2.24) is 9.88 Å². The van der Waals surface area contributed by atoms with Gasteiger partial charge in [0.2, 0.25) is 5.91 Å². The topological polar surface area (TPSA) is 105 Å². The van der Waals surface area contributed by atoms with Gasteiger partial charge in [0.15, 0.2) is 0 Å². The summed E-state index contributed by atoms with van der Waals surface area (Å²) in [6, 6.07) is 16.2. The Bertz CT molecular complexity index is 1260. The van der Waals surface area contributed by atoms with Crippen LogP contribution in [0.1, 0.15) is 56.1 Å². The van der Waals surface area contributed by atoms with Gasteiger partial charge < -0.3 is 16.0 Å². The van der Waals surface area contributed by atoms with Gasteiger partial charge in [-0.1, -0.05) is 42.1 Å². The van der Waals surface area contributed by atoms with Crippen LogP contribution in [0.25, 0.3) is 0 Å². The number of nitrogens with zero attached hydrogens (tertiary/aromatic N) is 2. The Labute approximate surface area is 210 Å². The van der Waals surface area contributed by atoms with Crippen molar-refractivity contribution in [3.63, 3.8) is 0 Å². The standard InChI is InChI=1S/C27H30N4O3S/c1-16-17(2)24(25(28)33)27(29-18(16)3)35-15-23(32)31(5)19(4)21-12-9-13-22(14-21)30-26(34)20-10-7-6-8-11-20/h6-14,19H,15H2,1-5H3,(H2,28,33)(H,30,34). The lowest BCUT2D eigenvalue weighted by Gasteiger charge is -2.26. The number of primary amides is 1. The van der Waals surface area contributed by atoms with E-state index >= 15 is 0 Å². The van der Waals surface area contributed by atoms with E-state index in [1.165, 1.54) is 11.8 Å². The van der Waals surface area contributed by atoms with E-state index in [2.05, 4.69) is 10.3 Å². The lowest BCUT2D eigenvalue weighted by atomic mass is 10.0. The molecule has 0 bridgehead atoms. The number of anilines is 1. The van der Waals surface area contributed by atoms with Gasteiger partial charge in [0.05, 0.1) is 17.4 Å². The number of hydrogen-bond acceptors (Lipinski definition) is 5. The number of aryl methyl sites for hydroxylation is 1. The molecule has 0 aliphatic heterocycles. The second-order valence-electron chi connectivity index (χ2n) is 8.41. The number of nitrogens with one attached hydrogen (secondary N) is 1. The molecule has 182 valence electrons.